The van der Waals surface area contributed by atoms with Crippen LogP contribution in [0.1, 0.15) is 15.9 Å². The molecule has 1 amide bonds. The number of para-hydroxylation sites is 1. The van der Waals surface area contributed by atoms with E-state index in [1.165, 1.54) is 10.6 Å². The van der Waals surface area contributed by atoms with E-state index in [-0.39, 0.29) is 11.1 Å². The van der Waals surface area contributed by atoms with Crippen molar-refractivity contribution >= 4 is 45.5 Å². The van der Waals surface area contributed by atoms with Crippen LogP contribution >= 0.6 is 27.7 Å². The van der Waals surface area contributed by atoms with E-state index in [4.69, 9.17) is 0 Å². The Balaban J connectivity index is 1.50. The molecule has 0 aliphatic heterocycles. The van der Waals surface area contributed by atoms with Crippen molar-refractivity contribution in [1.29, 1.82) is 0 Å². The lowest BCUT2D eigenvalue weighted by Crippen LogP contribution is -2.23. The average molecular weight is 547 g/mol. The Labute approximate surface area is 210 Å². The number of fused-ring (bicyclic) bond motifs is 1. The Morgan fingerprint density at radius 2 is 1.80 bits per heavy atom. The molecule has 0 aliphatic rings. The number of halogens is 1. The van der Waals surface area contributed by atoms with Crippen LogP contribution in [0.3, 0.4) is 0 Å². The fourth-order valence-electron chi connectivity index (χ4n) is 3.15. The summed E-state index contributed by atoms with van der Waals surface area (Å²) >= 11 is 4.46. The highest BCUT2D eigenvalue weighted by Crippen LogP contribution is 2.27. The summed E-state index contributed by atoms with van der Waals surface area (Å²) in [5.41, 5.74) is 3.92. The van der Waals surface area contributed by atoms with Gasteiger partial charge in [-0.15, -0.1) is 5.10 Å². The van der Waals surface area contributed by atoms with Gasteiger partial charge in [-0.25, -0.2) is 10.4 Å². The number of nitrogens with one attached hydrogen (secondary N) is 1. The minimum atomic E-state index is -0.412. The minimum absolute atomic E-state index is 0.178. The monoisotopic (exact) mass is 546 g/mol. The first kappa shape index (κ1) is 22.6. The average Bonchev–Trinajstić information content (AvgIpc) is 3.35. The molecule has 12 heteroatoms. The van der Waals surface area contributed by atoms with E-state index >= 15 is 0 Å². The molecule has 0 spiro atoms. The van der Waals surface area contributed by atoms with Gasteiger partial charge in [0.2, 0.25) is 5.16 Å². The zero-order valence-corrected chi connectivity index (χ0v) is 20.2. The summed E-state index contributed by atoms with van der Waals surface area (Å²) in [6.45, 7) is 0. The molecule has 0 saturated heterocycles. The first-order valence-corrected chi connectivity index (χ1v) is 11.8. The van der Waals surface area contributed by atoms with Gasteiger partial charge < -0.3 is 0 Å². The van der Waals surface area contributed by atoms with Crippen LogP contribution < -0.4 is 11.0 Å². The van der Waals surface area contributed by atoms with E-state index in [2.05, 4.69) is 47.0 Å². The molecule has 0 unspecified atom stereocenters. The minimum Gasteiger partial charge on any atom is -0.268 e. The highest BCUT2D eigenvalue weighted by atomic mass is 79.9. The standard InChI is InChI=1S/C23H15BrN8O2S/c24-16-11-9-15(10-12-16)20(33)27-25-14-18-21(26-19-8-4-5-13-31(19)22(18)34)35-23-28-29-30-32(23)17-6-2-1-3-7-17/h1-14H,(H,27,33)/b25-14-. The predicted octanol–water partition coefficient (Wildman–Crippen LogP) is 3.35. The van der Waals surface area contributed by atoms with Crippen LogP contribution in [0, 0.1) is 0 Å². The summed E-state index contributed by atoms with van der Waals surface area (Å²) in [5.74, 6) is -0.412. The van der Waals surface area contributed by atoms with Crippen molar-refractivity contribution in [2.45, 2.75) is 10.2 Å². The van der Waals surface area contributed by atoms with Gasteiger partial charge in [0.25, 0.3) is 11.5 Å². The quantitative estimate of drug-likeness (QED) is 0.197. The van der Waals surface area contributed by atoms with Gasteiger partial charge in [-0.3, -0.25) is 14.0 Å². The Hall–Kier alpha value is -4.16. The zero-order valence-electron chi connectivity index (χ0n) is 17.8. The SMILES string of the molecule is O=C(N/N=C\c1c(Sc2nnnn2-c2ccccc2)nc2ccccn2c1=O)c1ccc(Br)cc1. The highest BCUT2D eigenvalue weighted by Gasteiger charge is 2.17. The van der Waals surface area contributed by atoms with Gasteiger partial charge in [0, 0.05) is 16.2 Å². The third-order valence-electron chi connectivity index (χ3n) is 4.83. The number of pyridine rings is 1. The lowest BCUT2D eigenvalue weighted by atomic mass is 10.2. The first-order valence-electron chi connectivity index (χ1n) is 10.2. The normalized spacial score (nSPS) is 11.2. The molecule has 5 aromatic rings. The molecule has 5 rings (SSSR count). The van der Waals surface area contributed by atoms with Crippen LogP contribution in [-0.4, -0.2) is 41.7 Å². The van der Waals surface area contributed by atoms with Crippen LogP contribution in [0.25, 0.3) is 11.3 Å². The lowest BCUT2D eigenvalue weighted by molar-refractivity contribution is 0.0955. The van der Waals surface area contributed by atoms with Crippen LogP contribution in [0.5, 0.6) is 0 Å². The molecular formula is C23H15BrN8O2S. The van der Waals surface area contributed by atoms with Gasteiger partial charge in [0.1, 0.15) is 10.7 Å². The Bertz CT molecular complexity index is 1600. The maximum absolute atomic E-state index is 13.3. The highest BCUT2D eigenvalue weighted by molar-refractivity contribution is 9.10. The summed E-state index contributed by atoms with van der Waals surface area (Å²) in [4.78, 5) is 30.3. The molecule has 35 heavy (non-hydrogen) atoms. The number of hydrazone groups is 1. The molecule has 0 radical (unpaired) electrons. The van der Waals surface area contributed by atoms with Crippen LogP contribution in [0.15, 0.2) is 104 Å². The molecule has 3 aromatic heterocycles. The number of hydrogen-bond donors (Lipinski definition) is 1. The maximum atomic E-state index is 13.3. The molecule has 0 atom stereocenters. The van der Waals surface area contributed by atoms with Crippen molar-refractivity contribution < 1.29 is 4.79 Å². The van der Waals surface area contributed by atoms with Gasteiger partial charge >= 0.3 is 0 Å². The van der Waals surface area contributed by atoms with E-state index in [0.29, 0.717) is 21.4 Å². The topological polar surface area (TPSA) is 119 Å². The van der Waals surface area contributed by atoms with Crippen LogP contribution in [0.4, 0.5) is 0 Å². The van der Waals surface area contributed by atoms with Crippen molar-refractivity contribution in [3.8, 4) is 5.69 Å². The summed E-state index contributed by atoms with van der Waals surface area (Å²) in [6, 6.07) is 21.4. The number of carbonyl (C=O) groups is 1. The van der Waals surface area contributed by atoms with Gasteiger partial charge in [-0.05, 0) is 70.7 Å². The number of rotatable bonds is 6. The number of benzene rings is 2. The Morgan fingerprint density at radius 3 is 2.60 bits per heavy atom. The molecule has 3 heterocycles. The molecule has 2 aromatic carbocycles. The summed E-state index contributed by atoms with van der Waals surface area (Å²) in [6.07, 6.45) is 2.90. The number of nitrogens with zero attached hydrogens (tertiary/aromatic N) is 7. The molecule has 172 valence electrons. The number of aromatic nitrogens is 6. The van der Waals surface area contributed by atoms with Gasteiger partial charge in [-0.1, -0.05) is 40.2 Å². The number of carbonyl (C=O) groups excluding carboxylic acids is 1. The van der Waals surface area contributed by atoms with E-state index < -0.39 is 5.91 Å². The summed E-state index contributed by atoms with van der Waals surface area (Å²) in [7, 11) is 0. The largest absolute Gasteiger partial charge is 0.271 e. The lowest BCUT2D eigenvalue weighted by Gasteiger charge is -2.08. The van der Waals surface area contributed by atoms with Gasteiger partial charge in [0.05, 0.1) is 17.5 Å². The van der Waals surface area contributed by atoms with Crippen LogP contribution in [-0.2, 0) is 0 Å². The smallest absolute Gasteiger partial charge is 0.268 e. The second kappa shape index (κ2) is 9.99. The third kappa shape index (κ3) is 4.88. The van der Waals surface area contributed by atoms with Crippen LogP contribution in [0.2, 0.25) is 0 Å². The number of hydrogen-bond acceptors (Lipinski definition) is 8. The molecule has 0 bridgehead atoms. The zero-order chi connectivity index (χ0) is 24.2. The summed E-state index contributed by atoms with van der Waals surface area (Å²) in [5, 5.41) is 16.7. The third-order valence-corrected chi connectivity index (χ3v) is 6.30. The van der Waals surface area contributed by atoms with E-state index in [9.17, 15) is 9.59 Å². The fourth-order valence-corrected chi connectivity index (χ4v) is 4.28. The second-order valence-electron chi connectivity index (χ2n) is 7.08. The van der Waals surface area contributed by atoms with Crippen molar-refractivity contribution in [1.82, 2.24) is 35.0 Å². The number of amides is 1. The second-order valence-corrected chi connectivity index (χ2v) is 8.95. The van der Waals surface area contributed by atoms with Gasteiger partial charge in [-0.2, -0.15) is 9.78 Å². The molecule has 0 fully saturated rings. The van der Waals surface area contributed by atoms with E-state index in [0.717, 1.165) is 21.9 Å². The van der Waals surface area contributed by atoms with E-state index in [1.54, 1.807) is 53.3 Å². The van der Waals surface area contributed by atoms with E-state index in [1.807, 2.05) is 30.3 Å². The fraction of sp³-hybridized carbons (Fsp3) is 0. The van der Waals surface area contributed by atoms with Gasteiger partial charge in [0.15, 0.2) is 0 Å². The summed E-state index contributed by atoms with van der Waals surface area (Å²) < 4.78 is 3.81. The maximum Gasteiger partial charge on any atom is 0.271 e. The van der Waals surface area contributed by atoms with Crippen molar-refractivity contribution in [2.24, 2.45) is 5.10 Å². The van der Waals surface area contributed by atoms with Crippen molar-refractivity contribution in [2.75, 3.05) is 0 Å². The molecular weight excluding hydrogens is 532 g/mol. The molecule has 0 aliphatic carbocycles. The number of tetrazole rings is 1. The Kier molecular flexibility index (Phi) is 6.46. The first-order chi connectivity index (χ1) is 17.1. The molecule has 0 saturated carbocycles. The molecule has 10 nitrogen and oxygen atoms in total. The Morgan fingerprint density at radius 1 is 1.03 bits per heavy atom. The van der Waals surface area contributed by atoms with Crippen molar-refractivity contribution in [3.63, 3.8) is 0 Å². The predicted molar refractivity (Wildman–Crippen MR) is 134 cm³/mol. The molecule has 1 N–H and O–H groups in total. The van der Waals surface area contributed by atoms with Crippen molar-refractivity contribution in [3.05, 3.63) is 105 Å².